The molecule has 0 aliphatic carbocycles. The second-order valence-electron chi connectivity index (χ2n) is 4.18. The number of rotatable bonds is 4. The first-order chi connectivity index (χ1) is 8.86. The van der Waals surface area contributed by atoms with E-state index in [1.165, 1.54) is 18.5 Å². The molecule has 0 unspecified atom stereocenters. The molecule has 2 aromatic rings. The van der Waals surface area contributed by atoms with E-state index in [-0.39, 0.29) is 0 Å². The lowest BCUT2D eigenvalue weighted by atomic mass is 10.1. The van der Waals surface area contributed by atoms with Crippen molar-refractivity contribution in [1.82, 2.24) is 0 Å². The summed E-state index contributed by atoms with van der Waals surface area (Å²) in [5, 5.41) is 3.48. The summed E-state index contributed by atoms with van der Waals surface area (Å²) in [6, 6.07) is 23.0. The third-order valence-corrected chi connectivity index (χ3v) is 2.80. The summed E-state index contributed by atoms with van der Waals surface area (Å²) in [5.41, 5.74) is 1.23. The fourth-order valence-corrected chi connectivity index (χ4v) is 1.65. The van der Waals surface area contributed by atoms with Crippen molar-refractivity contribution in [2.24, 2.45) is 0 Å². The molecule has 0 saturated heterocycles. The van der Waals surface area contributed by atoms with E-state index in [1.54, 1.807) is 0 Å². The zero-order chi connectivity index (χ0) is 13.1. The molecule has 0 atom stereocenters. The van der Waals surface area contributed by atoms with Crippen molar-refractivity contribution in [3.63, 3.8) is 0 Å². The number of nitrogens with one attached hydrogen (secondary N) is 1. The minimum absolute atomic E-state index is 0.618. The Morgan fingerprint density at radius 1 is 0.722 bits per heavy atom. The highest BCUT2D eigenvalue weighted by Crippen LogP contribution is 2.10. The highest BCUT2D eigenvalue weighted by Gasteiger charge is 2.00. The Hall–Kier alpha value is -1.76. The Morgan fingerprint density at radius 3 is 1.50 bits per heavy atom. The SMILES string of the molecule is CCC(CC)Nc1ccccc1.c1ccccc1. The smallest absolute Gasteiger partial charge is 0.0342 e. The first kappa shape index (κ1) is 14.3. The molecule has 2 aromatic carbocycles. The molecule has 1 N–H and O–H groups in total. The molecular weight excluding hydrogens is 218 g/mol. The van der Waals surface area contributed by atoms with Gasteiger partial charge in [0, 0.05) is 11.7 Å². The van der Waals surface area contributed by atoms with Crippen LogP contribution in [0.1, 0.15) is 26.7 Å². The maximum Gasteiger partial charge on any atom is 0.0342 e. The number of hydrogen-bond donors (Lipinski definition) is 1. The summed E-state index contributed by atoms with van der Waals surface area (Å²) in [7, 11) is 0. The van der Waals surface area contributed by atoms with E-state index in [4.69, 9.17) is 0 Å². The largest absolute Gasteiger partial charge is 0.382 e. The average molecular weight is 241 g/mol. The topological polar surface area (TPSA) is 12.0 Å². The Labute approximate surface area is 111 Å². The van der Waals surface area contributed by atoms with Crippen molar-refractivity contribution in [2.75, 3.05) is 5.32 Å². The van der Waals surface area contributed by atoms with Gasteiger partial charge in [-0.05, 0) is 25.0 Å². The van der Waals surface area contributed by atoms with Crippen LogP contribution >= 0.6 is 0 Å². The van der Waals surface area contributed by atoms with Crippen LogP contribution < -0.4 is 5.32 Å². The highest BCUT2D eigenvalue weighted by molar-refractivity contribution is 5.43. The van der Waals surface area contributed by atoms with Crippen molar-refractivity contribution in [1.29, 1.82) is 0 Å². The Bertz CT molecular complexity index is 352. The van der Waals surface area contributed by atoms with Gasteiger partial charge in [-0.15, -0.1) is 0 Å². The lowest BCUT2D eigenvalue weighted by Crippen LogP contribution is -2.16. The van der Waals surface area contributed by atoms with Crippen LogP contribution in [0.15, 0.2) is 66.7 Å². The average Bonchev–Trinajstić information content (AvgIpc) is 2.48. The van der Waals surface area contributed by atoms with Crippen molar-refractivity contribution >= 4 is 5.69 Å². The summed E-state index contributed by atoms with van der Waals surface area (Å²) in [4.78, 5) is 0. The van der Waals surface area contributed by atoms with Gasteiger partial charge in [0.1, 0.15) is 0 Å². The molecule has 0 radical (unpaired) electrons. The standard InChI is InChI=1S/C11H17N.C6H6/c1-3-10(4-2)12-11-8-6-5-7-9-11;1-2-4-6-5-3-1/h5-10,12H,3-4H2,1-2H3;1-6H. The molecule has 2 rings (SSSR count). The second kappa shape index (κ2) is 9.29. The molecule has 1 nitrogen and oxygen atoms in total. The van der Waals surface area contributed by atoms with E-state index in [0.717, 1.165) is 0 Å². The summed E-state index contributed by atoms with van der Waals surface area (Å²) in [6.45, 7) is 4.42. The summed E-state index contributed by atoms with van der Waals surface area (Å²) < 4.78 is 0. The quantitative estimate of drug-likeness (QED) is 0.796. The number of benzene rings is 2. The van der Waals surface area contributed by atoms with Gasteiger partial charge in [-0.2, -0.15) is 0 Å². The van der Waals surface area contributed by atoms with Gasteiger partial charge in [-0.3, -0.25) is 0 Å². The van der Waals surface area contributed by atoms with Crippen molar-refractivity contribution < 1.29 is 0 Å². The van der Waals surface area contributed by atoms with Gasteiger partial charge >= 0.3 is 0 Å². The van der Waals surface area contributed by atoms with Gasteiger partial charge in [-0.1, -0.05) is 68.4 Å². The van der Waals surface area contributed by atoms with Crippen LogP contribution in [-0.2, 0) is 0 Å². The molecule has 0 saturated carbocycles. The maximum atomic E-state index is 3.48. The van der Waals surface area contributed by atoms with E-state index in [9.17, 15) is 0 Å². The van der Waals surface area contributed by atoms with Crippen LogP contribution in [0, 0.1) is 0 Å². The molecule has 1 heteroatoms. The lowest BCUT2D eigenvalue weighted by molar-refractivity contribution is 0.672. The van der Waals surface area contributed by atoms with Gasteiger partial charge < -0.3 is 5.32 Å². The predicted octanol–water partition coefficient (Wildman–Crippen LogP) is 4.97. The van der Waals surface area contributed by atoms with E-state index in [2.05, 4.69) is 43.4 Å². The van der Waals surface area contributed by atoms with Gasteiger partial charge in [0.25, 0.3) is 0 Å². The molecule has 0 fully saturated rings. The summed E-state index contributed by atoms with van der Waals surface area (Å²) >= 11 is 0. The van der Waals surface area contributed by atoms with Crippen LogP contribution in [0.2, 0.25) is 0 Å². The van der Waals surface area contributed by atoms with Crippen LogP contribution in [0.25, 0.3) is 0 Å². The van der Waals surface area contributed by atoms with E-state index in [0.29, 0.717) is 6.04 Å². The third kappa shape index (κ3) is 6.09. The van der Waals surface area contributed by atoms with Crippen LogP contribution in [0.4, 0.5) is 5.69 Å². The van der Waals surface area contributed by atoms with Gasteiger partial charge in [0.15, 0.2) is 0 Å². The zero-order valence-electron chi connectivity index (χ0n) is 11.3. The monoisotopic (exact) mass is 241 g/mol. The van der Waals surface area contributed by atoms with Crippen LogP contribution in [0.5, 0.6) is 0 Å². The predicted molar refractivity (Wildman–Crippen MR) is 80.9 cm³/mol. The molecule has 0 aliphatic rings. The Balaban J connectivity index is 0.000000225. The fraction of sp³-hybridized carbons (Fsp3) is 0.294. The third-order valence-electron chi connectivity index (χ3n) is 2.80. The Morgan fingerprint density at radius 2 is 1.11 bits per heavy atom. The second-order valence-corrected chi connectivity index (χ2v) is 4.18. The van der Waals surface area contributed by atoms with Crippen molar-refractivity contribution in [3.8, 4) is 0 Å². The molecule has 0 bridgehead atoms. The van der Waals surface area contributed by atoms with E-state index < -0.39 is 0 Å². The molecular formula is C17H23N. The molecule has 0 amide bonds. The number of para-hydroxylation sites is 1. The maximum absolute atomic E-state index is 3.48. The van der Waals surface area contributed by atoms with E-state index in [1.807, 2.05) is 42.5 Å². The van der Waals surface area contributed by atoms with Crippen molar-refractivity contribution in [3.05, 3.63) is 66.7 Å². The molecule has 18 heavy (non-hydrogen) atoms. The normalized spacial score (nSPS) is 9.50. The molecule has 0 aromatic heterocycles. The van der Waals surface area contributed by atoms with Gasteiger partial charge in [0.05, 0.1) is 0 Å². The Kier molecular flexibility index (Phi) is 7.38. The molecule has 96 valence electrons. The molecule has 0 heterocycles. The summed E-state index contributed by atoms with van der Waals surface area (Å²) in [6.07, 6.45) is 2.37. The van der Waals surface area contributed by atoms with Crippen LogP contribution in [-0.4, -0.2) is 6.04 Å². The first-order valence-corrected chi connectivity index (χ1v) is 6.68. The highest BCUT2D eigenvalue weighted by atomic mass is 14.9. The van der Waals surface area contributed by atoms with Gasteiger partial charge in [0.2, 0.25) is 0 Å². The molecule has 0 spiro atoms. The lowest BCUT2D eigenvalue weighted by Gasteiger charge is -2.15. The van der Waals surface area contributed by atoms with Gasteiger partial charge in [-0.25, -0.2) is 0 Å². The van der Waals surface area contributed by atoms with E-state index >= 15 is 0 Å². The fourth-order valence-electron chi connectivity index (χ4n) is 1.65. The van der Waals surface area contributed by atoms with Crippen molar-refractivity contribution in [2.45, 2.75) is 32.7 Å². The minimum Gasteiger partial charge on any atom is -0.382 e. The zero-order valence-corrected chi connectivity index (χ0v) is 11.3. The number of hydrogen-bond acceptors (Lipinski definition) is 1. The van der Waals surface area contributed by atoms with Crippen LogP contribution in [0.3, 0.4) is 0 Å². The molecule has 0 aliphatic heterocycles. The first-order valence-electron chi connectivity index (χ1n) is 6.68. The minimum atomic E-state index is 0.618. The number of anilines is 1. The summed E-state index contributed by atoms with van der Waals surface area (Å²) in [5.74, 6) is 0.